The molecule has 0 unspecified atom stereocenters. The second kappa shape index (κ2) is 9.77. The summed E-state index contributed by atoms with van der Waals surface area (Å²) in [6.45, 7) is 9.96. The quantitative estimate of drug-likeness (QED) is 0.660. The van der Waals surface area contributed by atoms with Crippen LogP contribution in [0.15, 0.2) is 18.2 Å². The summed E-state index contributed by atoms with van der Waals surface area (Å²) in [4.78, 5) is 26.1. The highest BCUT2D eigenvalue weighted by molar-refractivity contribution is 5.98. The highest BCUT2D eigenvalue weighted by Crippen LogP contribution is 2.36. The Hall–Kier alpha value is -2.04. The molecule has 0 saturated heterocycles. The molecule has 1 aliphatic heterocycles. The summed E-state index contributed by atoms with van der Waals surface area (Å²) in [5.74, 6) is 0.757. The minimum atomic E-state index is -0.0477. The van der Waals surface area contributed by atoms with Crippen molar-refractivity contribution in [1.82, 2.24) is 5.32 Å². The van der Waals surface area contributed by atoms with Gasteiger partial charge in [-0.05, 0) is 36.0 Å². The summed E-state index contributed by atoms with van der Waals surface area (Å²) in [6.07, 6.45) is 5.68. The van der Waals surface area contributed by atoms with Crippen molar-refractivity contribution in [3.05, 3.63) is 23.8 Å². The fourth-order valence-electron chi connectivity index (χ4n) is 3.18. The second-order valence-corrected chi connectivity index (χ2v) is 8.28. The molecular weight excluding hydrogens is 340 g/mol. The zero-order valence-electron chi connectivity index (χ0n) is 17.3. The van der Waals surface area contributed by atoms with Gasteiger partial charge in [0.05, 0.1) is 5.69 Å². The van der Waals surface area contributed by atoms with Crippen LogP contribution in [0.4, 0.5) is 5.69 Å². The van der Waals surface area contributed by atoms with Crippen LogP contribution in [0.25, 0.3) is 0 Å². The van der Waals surface area contributed by atoms with Crippen molar-refractivity contribution in [2.45, 2.75) is 71.6 Å². The molecule has 1 N–H and O–H groups in total. The summed E-state index contributed by atoms with van der Waals surface area (Å²) in [6, 6.07) is 6.04. The van der Waals surface area contributed by atoms with E-state index in [1.54, 1.807) is 4.90 Å². The largest absolute Gasteiger partial charge is 0.482 e. The van der Waals surface area contributed by atoms with Crippen LogP contribution in [0.5, 0.6) is 5.75 Å². The Bertz CT molecular complexity index is 649. The van der Waals surface area contributed by atoms with Gasteiger partial charge in [-0.15, -0.1) is 0 Å². The zero-order valence-corrected chi connectivity index (χ0v) is 17.3. The summed E-state index contributed by atoms with van der Waals surface area (Å²) < 4.78 is 5.58. The predicted molar refractivity (Wildman–Crippen MR) is 109 cm³/mol. The molecule has 5 heteroatoms. The Labute approximate surface area is 163 Å². The van der Waals surface area contributed by atoms with Gasteiger partial charge >= 0.3 is 0 Å². The van der Waals surface area contributed by atoms with Crippen LogP contribution in [-0.2, 0) is 15.0 Å². The average Bonchev–Trinajstić information content (AvgIpc) is 2.62. The molecular formula is C22H34N2O3. The van der Waals surface area contributed by atoms with Gasteiger partial charge in [0.25, 0.3) is 5.91 Å². The molecule has 0 radical (unpaired) electrons. The number of fused-ring (bicyclic) bond motifs is 1. The lowest BCUT2D eigenvalue weighted by Gasteiger charge is -2.31. The molecule has 1 aliphatic rings. The third kappa shape index (κ3) is 6.26. The smallest absolute Gasteiger partial charge is 0.265 e. The molecule has 150 valence electrons. The number of hydrogen-bond acceptors (Lipinski definition) is 3. The molecule has 0 fully saturated rings. The van der Waals surface area contributed by atoms with Crippen LogP contribution in [0.2, 0.25) is 0 Å². The lowest BCUT2D eigenvalue weighted by molar-refractivity contribution is -0.122. The van der Waals surface area contributed by atoms with Crippen LogP contribution in [0.1, 0.15) is 71.8 Å². The van der Waals surface area contributed by atoms with E-state index in [0.29, 0.717) is 19.4 Å². The number of unbranched alkanes of at least 4 members (excludes halogenated alkanes) is 3. The first-order valence-corrected chi connectivity index (χ1v) is 10.2. The van der Waals surface area contributed by atoms with Crippen molar-refractivity contribution < 1.29 is 14.3 Å². The Morgan fingerprint density at radius 3 is 2.67 bits per heavy atom. The van der Waals surface area contributed by atoms with Crippen molar-refractivity contribution in [1.29, 1.82) is 0 Å². The van der Waals surface area contributed by atoms with E-state index >= 15 is 0 Å². The molecule has 0 aromatic heterocycles. The molecule has 0 saturated carbocycles. The third-order valence-electron chi connectivity index (χ3n) is 4.91. The van der Waals surface area contributed by atoms with Gasteiger partial charge in [0.1, 0.15) is 5.75 Å². The molecule has 0 spiro atoms. The molecule has 0 bridgehead atoms. The maximum atomic E-state index is 12.4. The number of carbonyl (C=O) groups is 2. The van der Waals surface area contributed by atoms with Crippen LogP contribution >= 0.6 is 0 Å². The Morgan fingerprint density at radius 1 is 1.19 bits per heavy atom. The number of rotatable bonds is 9. The Morgan fingerprint density at radius 2 is 1.96 bits per heavy atom. The van der Waals surface area contributed by atoms with Crippen LogP contribution in [0, 0.1) is 0 Å². The van der Waals surface area contributed by atoms with Gasteiger partial charge in [0, 0.05) is 19.5 Å². The van der Waals surface area contributed by atoms with E-state index < -0.39 is 0 Å². The summed E-state index contributed by atoms with van der Waals surface area (Å²) >= 11 is 0. The van der Waals surface area contributed by atoms with Gasteiger partial charge in [0.15, 0.2) is 6.61 Å². The first-order valence-electron chi connectivity index (χ1n) is 10.2. The van der Waals surface area contributed by atoms with Gasteiger partial charge in [0.2, 0.25) is 5.91 Å². The molecule has 2 rings (SSSR count). The van der Waals surface area contributed by atoms with E-state index in [9.17, 15) is 9.59 Å². The predicted octanol–water partition coefficient (Wildman–Crippen LogP) is 4.19. The summed E-state index contributed by atoms with van der Waals surface area (Å²) in [5.41, 5.74) is 1.98. The maximum absolute atomic E-state index is 12.4. The monoisotopic (exact) mass is 374 g/mol. The number of carbonyl (C=O) groups excluding carboxylic acids is 2. The number of benzene rings is 1. The van der Waals surface area contributed by atoms with Crippen molar-refractivity contribution in [3.63, 3.8) is 0 Å². The summed E-state index contributed by atoms with van der Waals surface area (Å²) in [5, 5.41) is 2.97. The molecule has 1 aromatic carbocycles. The maximum Gasteiger partial charge on any atom is 0.265 e. The standard InChI is InChI=1S/C22H34N2O3/c1-5-6-7-8-13-23-20(25)10-9-14-24-18-15-17(22(2,3)4)11-12-19(18)27-16-21(24)26/h11-12,15H,5-10,13-14,16H2,1-4H3,(H,23,25). The fraction of sp³-hybridized carbons (Fsp3) is 0.636. The first-order chi connectivity index (χ1) is 12.8. The number of nitrogens with zero attached hydrogens (tertiary/aromatic N) is 1. The molecule has 2 amide bonds. The van der Waals surface area contributed by atoms with E-state index in [1.165, 1.54) is 12.8 Å². The van der Waals surface area contributed by atoms with Gasteiger partial charge in [-0.2, -0.15) is 0 Å². The number of nitrogens with one attached hydrogen (secondary N) is 1. The van der Waals surface area contributed by atoms with Gasteiger partial charge in [-0.3, -0.25) is 9.59 Å². The topological polar surface area (TPSA) is 58.6 Å². The van der Waals surface area contributed by atoms with Gasteiger partial charge in [-0.25, -0.2) is 0 Å². The fourth-order valence-corrected chi connectivity index (χ4v) is 3.18. The molecule has 5 nitrogen and oxygen atoms in total. The molecule has 0 atom stereocenters. The highest BCUT2D eigenvalue weighted by Gasteiger charge is 2.27. The van der Waals surface area contributed by atoms with E-state index in [2.05, 4.69) is 39.1 Å². The van der Waals surface area contributed by atoms with Crippen molar-refractivity contribution in [2.24, 2.45) is 0 Å². The number of hydrogen-bond donors (Lipinski definition) is 1. The SMILES string of the molecule is CCCCCCNC(=O)CCCN1C(=O)COc2ccc(C(C)(C)C)cc21. The lowest BCUT2D eigenvalue weighted by atomic mass is 9.86. The van der Waals surface area contributed by atoms with E-state index in [0.717, 1.165) is 36.4 Å². The lowest BCUT2D eigenvalue weighted by Crippen LogP contribution is -2.40. The minimum absolute atomic E-state index is 0.00113. The van der Waals surface area contributed by atoms with E-state index in [4.69, 9.17) is 4.74 Å². The molecule has 1 aromatic rings. The van der Waals surface area contributed by atoms with E-state index in [-0.39, 0.29) is 23.8 Å². The third-order valence-corrected chi connectivity index (χ3v) is 4.91. The minimum Gasteiger partial charge on any atom is -0.482 e. The first kappa shape index (κ1) is 21.3. The van der Waals surface area contributed by atoms with Crippen LogP contribution < -0.4 is 15.0 Å². The number of amides is 2. The average molecular weight is 375 g/mol. The van der Waals surface area contributed by atoms with Crippen molar-refractivity contribution >= 4 is 17.5 Å². The number of anilines is 1. The number of ether oxygens (including phenoxy) is 1. The van der Waals surface area contributed by atoms with Crippen LogP contribution in [-0.4, -0.2) is 31.5 Å². The Kier molecular flexibility index (Phi) is 7.69. The Balaban J connectivity index is 1.89. The van der Waals surface area contributed by atoms with Gasteiger partial charge < -0.3 is 15.0 Å². The molecule has 1 heterocycles. The van der Waals surface area contributed by atoms with Gasteiger partial charge in [-0.1, -0.05) is 53.0 Å². The normalized spacial score (nSPS) is 13.9. The van der Waals surface area contributed by atoms with Crippen molar-refractivity contribution in [2.75, 3.05) is 24.6 Å². The summed E-state index contributed by atoms with van der Waals surface area (Å²) in [7, 11) is 0. The van der Waals surface area contributed by atoms with Crippen molar-refractivity contribution in [3.8, 4) is 5.75 Å². The van der Waals surface area contributed by atoms with Crippen LogP contribution in [0.3, 0.4) is 0 Å². The molecule has 0 aliphatic carbocycles. The second-order valence-electron chi connectivity index (χ2n) is 8.28. The zero-order chi connectivity index (χ0) is 19.9. The van der Waals surface area contributed by atoms with E-state index in [1.807, 2.05) is 12.1 Å². The highest BCUT2D eigenvalue weighted by atomic mass is 16.5. The molecule has 27 heavy (non-hydrogen) atoms.